The maximum Gasteiger partial charge on any atom is 0.157 e. The SMILES string of the molecule is c1ncc2[nH]nc(-c3conn3)c2n1. The highest BCUT2D eigenvalue weighted by molar-refractivity contribution is 5.87. The largest absolute Gasteiger partial charge is 0.345 e. The summed E-state index contributed by atoms with van der Waals surface area (Å²) in [6, 6.07) is 0. The molecule has 68 valence electrons. The predicted octanol–water partition coefficient (Wildman–Crippen LogP) is 0.403. The molecular formula is C7H4N6O. The van der Waals surface area contributed by atoms with Crippen molar-refractivity contribution in [2.45, 2.75) is 0 Å². The zero-order valence-corrected chi connectivity index (χ0v) is 6.88. The Balaban J connectivity index is 2.33. The fourth-order valence-electron chi connectivity index (χ4n) is 1.22. The predicted molar refractivity (Wildman–Crippen MR) is 45.0 cm³/mol. The number of aromatic nitrogens is 6. The second kappa shape index (κ2) is 2.59. The van der Waals surface area contributed by atoms with Gasteiger partial charge in [-0.1, -0.05) is 0 Å². The lowest BCUT2D eigenvalue weighted by Gasteiger charge is -1.86. The van der Waals surface area contributed by atoms with Gasteiger partial charge in [0.1, 0.15) is 23.1 Å². The van der Waals surface area contributed by atoms with Crippen molar-refractivity contribution in [1.29, 1.82) is 0 Å². The molecule has 0 aliphatic heterocycles. The lowest BCUT2D eigenvalue weighted by molar-refractivity contribution is 0.393. The zero-order valence-electron chi connectivity index (χ0n) is 6.88. The fourth-order valence-corrected chi connectivity index (χ4v) is 1.22. The fraction of sp³-hybridized carbons (Fsp3) is 0. The first kappa shape index (κ1) is 7.13. The van der Waals surface area contributed by atoms with E-state index in [0.717, 1.165) is 5.52 Å². The van der Waals surface area contributed by atoms with E-state index in [1.54, 1.807) is 6.20 Å². The van der Waals surface area contributed by atoms with Gasteiger partial charge in [-0.2, -0.15) is 5.10 Å². The van der Waals surface area contributed by atoms with Crippen molar-refractivity contribution >= 4 is 11.0 Å². The van der Waals surface area contributed by atoms with Gasteiger partial charge in [-0.05, 0) is 0 Å². The first-order chi connectivity index (χ1) is 6.95. The number of fused-ring (bicyclic) bond motifs is 1. The Kier molecular flexibility index (Phi) is 1.32. The summed E-state index contributed by atoms with van der Waals surface area (Å²) < 4.78 is 4.63. The van der Waals surface area contributed by atoms with Gasteiger partial charge < -0.3 is 4.52 Å². The first-order valence-corrected chi connectivity index (χ1v) is 3.86. The summed E-state index contributed by atoms with van der Waals surface area (Å²) in [5.74, 6) is 0. The van der Waals surface area contributed by atoms with Crippen molar-refractivity contribution in [1.82, 2.24) is 30.5 Å². The van der Waals surface area contributed by atoms with Gasteiger partial charge in [0.15, 0.2) is 12.0 Å². The molecule has 3 rings (SSSR count). The van der Waals surface area contributed by atoms with E-state index in [1.165, 1.54) is 12.6 Å². The number of aromatic amines is 1. The molecule has 7 nitrogen and oxygen atoms in total. The first-order valence-electron chi connectivity index (χ1n) is 3.86. The Labute approximate surface area is 77.2 Å². The van der Waals surface area contributed by atoms with Crippen LogP contribution in [-0.4, -0.2) is 30.5 Å². The summed E-state index contributed by atoms with van der Waals surface area (Å²) in [7, 11) is 0. The molecule has 0 aliphatic carbocycles. The second-order valence-electron chi connectivity index (χ2n) is 2.65. The molecule has 14 heavy (non-hydrogen) atoms. The number of nitrogens with zero attached hydrogens (tertiary/aromatic N) is 5. The molecule has 0 amide bonds. The van der Waals surface area contributed by atoms with E-state index in [0.29, 0.717) is 16.9 Å². The van der Waals surface area contributed by atoms with E-state index in [-0.39, 0.29) is 0 Å². The lowest BCUT2D eigenvalue weighted by atomic mass is 10.3. The van der Waals surface area contributed by atoms with Gasteiger partial charge in [0, 0.05) is 5.27 Å². The van der Waals surface area contributed by atoms with Crippen molar-refractivity contribution in [3.63, 3.8) is 0 Å². The number of H-pyrrole nitrogens is 1. The Morgan fingerprint density at radius 3 is 3.21 bits per heavy atom. The standard InChI is InChI=1S/C7H4N6O/c1-4-6(9-3-8-1)7(12-10-4)5-2-14-13-11-5/h1-3H,(H,10,12). The maximum absolute atomic E-state index is 4.63. The van der Waals surface area contributed by atoms with Gasteiger partial charge in [0.05, 0.1) is 6.20 Å². The smallest absolute Gasteiger partial charge is 0.157 e. The van der Waals surface area contributed by atoms with E-state index >= 15 is 0 Å². The lowest BCUT2D eigenvalue weighted by Crippen LogP contribution is -1.81. The van der Waals surface area contributed by atoms with Crippen LogP contribution in [0.2, 0.25) is 0 Å². The van der Waals surface area contributed by atoms with Crippen molar-refractivity contribution in [2.24, 2.45) is 0 Å². The molecule has 0 saturated carbocycles. The third kappa shape index (κ3) is 0.889. The second-order valence-corrected chi connectivity index (χ2v) is 2.65. The number of rotatable bonds is 1. The van der Waals surface area contributed by atoms with Crippen LogP contribution in [0.1, 0.15) is 0 Å². The average Bonchev–Trinajstić information content (AvgIpc) is 2.85. The monoisotopic (exact) mass is 188 g/mol. The third-order valence-electron chi connectivity index (χ3n) is 1.83. The van der Waals surface area contributed by atoms with E-state index in [9.17, 15) is 0 Å². The quantitative estimate of drug-likeness (QED) is 0.594. The van der Waals surface area contributed by atoms with E-state index in [4.69, 9.17) is 0 Å². The van der Waals surface area contributed by atoms with Crippen LogP contribution in [0, 0.1) is 0 Å². The normalized spacial score (nSPS) is 10.9. The van der Waals surface area contributed by atoms with Crippen LogP contribution in [0.4, 0.5) is 0 Å². The summed E-state index contributed by atoms with van der Waals surface area (Å²) >= 11 is 0. The van der Waals surface area contributed by atoms with Gasteiger partial charge in [-0.25, -0.2) is 9.97 Å². The molecule has 0 spiro atoms. The van der Waals surface area contributed by atoms with Crippen molar-refractivity contribution < 1.29 is 4.52 Å². The molecule has 1 N–H and O–H groups in total. The van der Waals surface area contributed by atoms with Gasteiger partial charge in [-0.15, -0.1) is 5.10 Å². The topological polar surface area (TPSA) is 93.4 Å². The van der Waals surface area contributed by atoms with Crippen LogP contribution in [0.15, 0.2) is 23.3 Å². The molecule has 0 atom stereocenters. The van der Waals surface area contributed by atoms with Crippen LogP contribution >= 0.6 is 0 Å². The molecule has 3 aromatic rings. The molecule has 0 unspecified atom stereocenters. The van der Waals surface area contributed by atoms with E-state index < -0.39 is 0 Å². The molecule has 0 bridgehead atoms. The van der Waals surface area contributed by atoms with Crippen LogP contribution in [0.3, 0.4) is 0 Å². The molecule has 3 heterocycles. The molecule has 0 saturated heterocycles. The minimum atomic E-state index is 0.551. The Morgan fingerprint density at radius 2 is 2.36 bits per heavy atom. The Morgan fingerprint density at radius 1 is 1.36 bits per heavy atom. The summed E-state index contributed by atoms with van der Waals surface area (Å²) in [6.07, 6.45) is 4.51. The molecule has 0 fully saturated rings. The van der Waals surface area contributed by atoms with Crippen LogP contribution in [-0.2, 0) is 0 Å². The van der Waals surface area contributed by atoms with Crippen molar-refractivity contribution in [2.75, 3.05) is 0 Å². The zero-order chi connectivity index (χ0) is 9.38. The summed E-state index contributed by atoms with van der Waals surface area (Å²) in [4.78, 5) is 7.95. The van der Waals surface area contributed by atoms with Gasteiger partial charge in [-0.3, -0.25) is 5.10 Å². The highest BCUT2D eigenvalue weighted by atomic mass is 16.5. The van der Waals surface area contributed by atoms with Crippen LogP contribution in [0.5, 0.6) is 0 Å². The minimum absolute atomic E-state index is 0.551. The number of nitrogens with one attached hydrogen (secondary N) is 1. The molecule has 0 radical (unpaired) electrons. The van der Waals surface area contributed by atoms with Gasteiger partial charge in [0.25, 0.3) is 0 Å². The Bertz CT molecular complexity index is 556. The molecule has 7 heteroatoms. The van der Waals surface area contributed by atoms with Gasteiger partial charge in [0.2, 0.25) is 0 Å². The van der Waals surface area contributed by atoms with Crippen LogP contribution in [0.25, 0.3) is 22.4 Å². The Hall–Kier alpha value is -2.31. The average molecular weight is 188 g/mol. The number of hydrogen-bond donors (Lipinski definition) is 1. The van der Waals surface area contributed by atoms with Crippen molar-refractivity contribution in [3.05, 3.63) is 18.8 Å². The van der Waals surface area contributed by atoms with E-state index in [1.807, 2.05) is 0 Å². The number of hydrogen-bond acceptors (Lipinski definition) is 6. The van der Waals surface area contributed by atoms with Crippen LogP contribution < -0.4 is 0 Å². The summed E-state index contributed by atoms with van der Waals surface area (Å²) in [5.41, 5.74) is 2.62. The van der Waals surface area contributed by atoms with Gasteiger partial charge >= 0.3 is 0 Å². The molecule has 0 aromatic carbocycles. The maximum atomic E-state index is 4.63. The molecular weight excluding hydrogens is 184 g/mol. The third-order valence-corrected chi connectivity index (χ3v) is 1.83. The highest BCUT2D eigenvalue weighted by Crippen LogP contribution is 2.20. The molecule has 3 aromatic heterocycles. The molecule has 0 aliphatic rings. The highest BCUT2D eigenvalue weighted by Gasteiger charge is 2.11. The summed E-state index contributed by atoms with van der Waals surface area (Å²) in [6.45, 7) is 0. The van der Waals surface area contributed by atoms with E-state index in [2.05, 4.69) is 35.1 Å². The van der Waals surface area contributed by atoms with Crippen molar-refractivity contribution in [3.8, 4) is 11.4 Å². The minimum Gasteiger partial charge on any atom is -0.345 e. The summed E-state index contributed by atoms with van der Waals surface area (Å²) in [5, 5.41) is 14.0.